The van der Waals surface area contributed by atoms with E-state index in [1.807, 2.05) is 75.4 Å². The summed E-state index contributed by atoms with van der Waals surface area (Å²) >= 11 is 0. The van der Waals surface area contributed by atoms with Gasteiger partial charge in [-0.25, -0.2) is 0 Å². The maximum atomic E-state index is 14.4. The molecule has 1 spiro atoms. The molecule has 8 nitrogen and oxygen atoms in total. The number of likely N-dealkylation sites (tertiary alicyclic amines) is 1. The van der Waals surface area contributed by atoms with Gasteiger partial charge in [-0.15, -0.1) is 0 Å². The van der Waals surface area contributed by atoms with Crippen LogP contribution in [0.2, 0.25) is 0 Å². The molecule has 228 valence electrons. The third-order valence-corrected chi connectivity index (χ3v) is 10.3. The number of hydrogen-bond acceptors (Lipinski definition) is 5. The number of carbonyl (C=O) groups is 3. The zero-order valence-electron chi connectivity index (χ0n) is 25.8. The Morgan fingerprint density at radius 2 is 1.86 bits per heavy atom. The molecule has 3 heterocycles. The Morgan fingerprint density at radius 3 is 2.63 bits per heavy atom. The van der Waals surface area contributed by atoms with Crippen molar-refractivity contribution in [1.82, 2.24) is 10.2 Å². The lowest BCUT2D eigenvalue weighted by Crippen LogP contribution is -2.57. The van der Waals surface area contributed by atoms with Gasteiger partial charge >= 0.3 is 0 Å². The summed E-state index contributed by atoms with van der Waals surface area (Å²) in [6, 6.07) is 12.5. The van der Waals surface area contributed by atoms with E-state index in [4.69, 9.17) is 9.47 Å². The highest BCUT2D eigenvalue weighted by Crippen LogP contribution is 2.55. The molecule has 4 aliphatic rings. The molecule has 6 rings (SSSR count). The summed E-state index contributed by atoms with van der Waals surface area (Å²) in [5.74, 6) is -0.819. The first kappa shape index (κ1) is 29.4. The fraction of sp³-hybridized carbons (Fsp3) is 0.514. The van der Waals surface area contributed by atoms with Gasteiger partial charge in [0.2, 0.25) is 17.7 Å². The Balaban J connectivity index is 1.34. The smallest absolute Gasteiger partial charge is 0.246 e. The van der Waals surface area contributed by atoms with Gasteiger partial charge in [-0.05, 0) is 68.4 Å². The minimum Gasteiger partial charge on any atom is -0.494 e. The lowest BCUT2D eigenvalue weighted by molar-refractivity contribution is -0.142. The second-order valence-corrected chi connectivity index (χ2v) is 12.9. The zero-order valence-corrected chi connectivity index (χ0v) is 25.8. The third-order valence-electron chi connectivity index (χ3n) is 10.3. The number of para-hydroxylation sites is 1. The molecule has 2 bridgehead atoms. The Bertz CT molecular complexity index is 1450. The van der Waals surface area contributed by atoms with Crippen LogP contribution in [0, 0.1) is 37.5 Å². The highest BCUT2D eigenvalue weighted by molar-refractivity contribution is 6.02. The van der Waals surface area contributed by atoms with E-state index in [2.05, 4.69) is 24.5 Å². The third kappa shape index (κ3) is 5.03. The molecule has 2 N–H and O–H groups in total. The normalized spacial score (nSPS) is 32.5. The quantitative estimate of drug-likeness (QED) is 0.428. The molecule has 0 radical (unpaired) electrons. The number of nitrogens with one attached hydrogen (secondary N) is 2. The molecule has 2 saturated heterocycles. The maximum Gasteiger partial charge on any atom is 0.246 e. The van der Waals surface area contributed by atoms with Gasteiger partial charge in [0.25, 0.3) is 0 Å². The van der Waals surface area contributed by atoms with Crippen LogP contribution in [0.25, 0.3) is 0 Å². The van der Waals surface area contributed by atoms with E-state index in [0.29, 0.717) is 29.9 Å². The van der Waals surface area contributed by atoms with Crippen molar-refractivity contribution in [2.45, 2.75) is 84.2 Å². The largest absolute Gasteiger partial charge is 0.494 e. The van der Waals surface area contributed by atoms with E-state index in [1.54, 1.807) is 4.90 Å². The number of nitrogens with zero attached hydrogens (tertiary/aromatic N) is 1. The van der Waals surface area contributed by atoms with Crippen molar-refractivity contribution < 1.29 is 23.9 Å². The lowest BCUT2D eigenvalue weighted by atomic mass is 9.73. The standard InChI is InChI=1S/C35H43N3O5/c1-6-42-27-13-8-7-11-24(27)19-38-31(33(40)37-26-12-9-10-21(3)23(26)5)35-17-16-28(43-35)29(30(35)34(38)41)32(39)36-25-15-14-20(2)22(4)18-25/h7-8,11,13-18,21,23,26,28-31H,6,9-10,12,19H2,1-5H3,(H,36,39)(H,37,40)/t21-,23-,26+,28-,29+,30-,31-,35-/m0/s1. The number of carbonyl (C=O) groups excluding carboxylic acids is 3. The SMILES string of the molecule is CCOc1ccccc1CN1C(=O)[C@@H]2[C@H](C(=O)Nc3ccc(C)c(C)c3)[C@@H]3C=C[C@@]2(O3)[C@@H]1C(=O)N[C@@H]1CCC[C@H](C)[C@@H]1C. The van der Waals surface area contributed by atoms with Crippen molar-refractivity contribution in [3.05, 3.63) is 71.3 Å². The first-order valence-corrected chi connectivity index (χ1v) is 15.7. The topological polar surface area (TPSA) is 97.0 Å². The number of fused-ring (bicyclic) bond motifs is 1. The predicted octanol–water partition coefficient (Wildman–Crippen LogP) is 4.93. The Morgan fingerprint density at radius 1 is 1.07 bits per heavy atom. The molecule has 2 aromatic carbocycles. The Kier molecular flexibility index (Phi) is 7.84. The van der Waals surface area contributed by atoms with E-state index >= 15 is 0 Å². The van der Waals surface area contributed by atoms with Gasteiger partial charge in [-0.2, -0.15) is 0 Å². The highest BCUT2D eigenvalue weighted by atomic mass is 16.5. The van der Waals surface area contributed by atoms with Crippen molar-refractivity contribution in [1.29, 1.82) is 0 Å². The molecule has 1 saturated carbocycles. The van der Waals surface area contributed by atoms with Crippen molar-refractivity contribution in [2.24, 2.45) is 23.7 Å². The molecule has 3 amide bonds. The molecular weight excluding hydrogens is 542 g/mol. The summed E-state index contributed by atoms with van der Waals surface area (Å²) in [5.41, 5.74) is 2.46. The maximum absolute atomic E-state index is 14.4. The highest BCUT2D eigenvalue weighted by Gasteiger charge is 2.72. The second-order valence-electron chi connectivity index (χ2n) is 12.9. The van der Waals surface area contributed by atoms with Crippen molar-refractivity contribution in [3.63, 3.8) is 0 Å². The molecule has 8 atom stereocenters. The van der Waals surface area contributed by atoms with Crippen molar-refractivity contribution in [2.75, 3.05) is 11.9 Å². The summed E-state index contributed by atoms with van der Waals surface area (Å²) in [6.45, 7) is 11.0. The van der Waals surface area contributed by atoms with Gasteiger partial charge < -0.3 is 25.0 Å². The number of ether oxygens (including phenoxy) is 2. The van der Waals surface area contributed by atoms with E-state index < -0.39 is 29.6 Å². The molecule has 43 heavy (non-hydrogen) atoms. The fourth-order valence-electron chi connectivity index (χ4n) is 7.64. The number of anilines is 1. The van der Waals surface area contributed by atoms with Crippen LogP contribution in [0.3, 0.4) is 0 Å². The molecule has 3 aliphatic heterocycles. The lowest BCUT2D eigenvalue weighted by Gasteiger charge is -2.38. The molecule has 0 aromatic heterocycles. The van der Waals surface area contributed by atoms with Crippen molar-refractivity contribution >= 4 is 23.4 Å². The Labute approximate surface area is 254 Å². The van der Waals surface area contributed by atoms with Gasteiger partial charge in [0.15, 0.2) is 0 Å². The average molecular weight is 586 g/mol. The van der Waals surface area contributed by atoms with Crippen LogP contribution in [0.4, 0.5) is 5.69 Å². The molecule has 3 fully saturated rings. The first-order valence-electron chi connectivity index (χ1n) is 15.7. The summed E-state index contributed by atoms with van der Waals surface area (Å²) in [5, 5.41) is 6.36. The van der Waals surface area contributed by atoms with E-state index in [1.165, 1.54) is 0 Å². The molecule has 1 aliphatic carbocycles. The average Bonchev–Trinajstić information content (AvgIpc) is 3.62. The summed E-state index contributed by atoms with van der Waals surface area (Å²) in [4.78, 5) is 44.2. The number of aryl methyl sites for hydroxylation is 2. The van der Waals surface area contributed by atoms with Gasteiger partial charge in [-0.1, -0.05) is 63.1 Å². The summed E-state index contributed by atoms with van der Waals surface area (Å²) in [6.07, 6.45) is 6.25. The monoisotopic (exact) mass is 585 g/mol. The zero-order chi connectivity index (χ0) is 30.5. The predicted molar refractivity (Wildman–Crippen MR) is 164 cm³/mol. The van der Waals surface area contributed by atoms with E-state index in [-0.39, 0.29) is 30.3 Å². The van der Waals surface area contributed by atoms with Gasteiger partial charge in [0, 0.05) is 17.3 Å². The minimum absolute atomic E-state index is 0.0193. The molecule has 2 aromatic rings. The summed E-state index contributed by atoms with van der Waals surface area (Å²) in [7, 11) is 0. The number of hydrogen-bond donors (Lipinski definition) is 2. The van der Waals surface area contributed by atoms with Crippen LogP contribution in [-0.4, -0.2) is 53.0 Å². The minimum atomic E-state index is -1.22. The van der Waals surface area contributed by atoms with E-state index in [0.717, 1.165) is 36.0 Å². The van der Waals surface area contributed by atoms with Crippen LogP contribution in [0.5, 0.6) is 5.75 Å². The van der Waals surface area contributed by atoms with Crippen LogP contribution in [-0.2, 0) is 25.7 Å². The van der Waals surface area contributed by atoms with Crippen LogP contribution in [0.1, 0.15) is 56.7 Å². The second kappa shape index (κ2) is 11.5. The molecule has 0 unspecified atom stereocenters. The van der Waals surface area contributed by atoms with Crippen molar-refractivity contribution in [3.8, 4) is 5.75 Å². The van der Waals surface area contributed by atoms with Gasteiger partial charge in [0.1, 0.15) is 17.4 Å². The summed E-state index contributed by atoms with van der Waals surface area (Å²) < 4.78 is 12.4. The van der Waals surface area contributed by atoms with Crippen LogP contribution >= 0.6 is 0 Å². The van der Waals surface area contributed by atoms with Gasteiger partial charge in [0.05, 0.1) is 31.1 Å². The number of benzene rings is 2. The van der Waals surface area contributed by atoms with Gasteiger partial charge in [-0.3, -0.25) is 14.4 Å². The number of amides is 3. The Hall–Kier alpha value is -3.65. The molecule has 8 heteroatoms. The first-order chi connectivity index (χ1) is 20.6. The fourth-order valence-corrected chi connectivity index (χ4v) is 7.64. The van der Waals surface area contributed by atoms with Crippen LogP contribution < -0.4 is 15.4 Å². The number of rotatable bonds is 8. The molecular formula is C35H43N3O5. The van der Waals surface area contributed by atoms with Crippen LogP contribution in [0.15, 0.2) is 54.6 Å². The van der Waals surface area contributed by atoms with E-state index in [9.17, 15) is 14.4 Å².